The Morgan fingerprint density at radius 3 is 2.76 bits per heavy atom. The first-order valence-electron chi connectivity index (χ1n) is 9.09. The largest absolute Gasteiger partial charge is 0.449 e. The summed E-state index contributed by atoms with van der Waals surface area (Å²) in [5, 5.41) is 12.9. The minimum absolute atomic E-state index is 0.0439. The lowest BCUT2D eigenvalue weighted by atomic mass is 9.72. The molecule has 2 atom stereocenters. The van der Waals surface area contributed by atoms with Crippen molar-refractivity contribution in [3.05, 3.63) is 73.5 Å². The number of amides is 1. The summed E-state index contributed by atoms with van der Waals surface area (Å²) >= 11 is 3.13. The van der Waals surface area contributed by atoms with Crippen molar-refractivity contribution >= 4 is 41.1 Å². The lowest BCUT2D eigenvalue weighted by molar-refractivity contribution is -0.384. The van der Waals surface area contributed by atoms with Gasteiger partial charge in [0, 0.05) is 46.0 Å². The molecule has 0 aromatic heterocycles. The minimum atomic E-state index is -0.588. The molecule has 150 valence electrons. The molecule has 9 heteroatoms. The van der Waals surface area contributed by atoms with E-state index in [1.807, 2.05) is 17.6 Å². The van der Waals surface area contributed by atoms with Gasteiger partial charge in [-0.25, -0.2) is 4.79 Å². The van der Waals surface area contributed by atoms with Gasteiger partial charge in [-0.3, -0.25) is 19.8 Å². The van der Waals surface area contributed by atoms with Gasteiger partial charge >= 0.3 is 6.09 Å². The highest BCUT2D eigenvalue weighted by Gasteiger charge is 2.54. The lowest BCUT2D eigenvalue weighted by Crippen LogP contribution is -2.32. The molecule has 1 aromatic carbocycles. The van der Waals surface area contributed by atoms with Crippen LogP contribution in [0.3, 0.4) is 0 Å². The van der Waals surface area contributed by atoms with Gasteiger partial charge in [-0.15, -0.1) is 23.5 Å². The molecule has 1 fully saturated rings. The van der Waals surface area contributed by atoms with Gasteiger partial charge in [-0.2, -0.15) is 0 Å². The van der Waals surface area contributed by atoms with Gasteiger partial charge in [-0.05, 0) is 24.5 Å². The van der Waals surface area contributed by atoms with Crippen LogP contribution in [0.4, 0.5) is 10.5 Å². The molecule has 0 aliphatic carbocycles. The Bertz CT molecular complexity index is 970. The maximum absolute atomic E-state index is 13.4. The lowest BCUT2D eigenvalue weighted by Gasteiger charge is -2.30. The number of benzene rings is 1. The molecule has 4 rings (SSSR count). The third kappa shape index (κ3) is 3.28. The Hall–Kier alpha value is -2.52. The van der Waals surface area contributed by atoms with Crippen molar-refractivity contribution < 1.29 is 19.2 Å². The number of carbonyl (C=O) groups excluding carboxylic acids is 2. The van der Waals surface area contributed by atoms with E-state index < -0.39 is 16.4 Å². The van der Waals surface area contributed by atoms with Crippen LogP contribution in [-0.4, -0.2) is 40.6 Å². The first kappa shape index (κ1) is 19.8. The van der Waals surface area contributed by atoms with Gasteiger partial charge in [0.05, 0.1) is 22.9 Å². The zero-order chi connectivity index (χ0) is 20.6. The van der Waals surface area contributed by atoms with Crippen LogP contribution in [0.15, 0.2) is 57.8 Å². The molecule has 29 heavy (non-hydrogen) atoms. The number of nitro benzene ring substituents is 1. The molecule has 0 saturated carbocycles. The summed E-state index contributed by atoms with van der Waals surface area (Å²) < 4.78 is 5.14. The topological polar surface area (TPSA) is 89.8 Å². The van der Waals surface area contributed by atoms with Crippen LogP contribution in [0.25, 0.3) is 0 Å². The van der Waals surface area contributed by atoms with Gasteiger partial charge in [0.2, 0.25) is 0 Å². The zero-order valence-electron chi connectivity index (χ0n) is 15.6. The number of ether oxygens (including phenoxy) is 1. The number of hydrogen-bond acceptors (Lipinski definition) is 7. The number of hydrogen-bond donors (Lipinski definition) is 0. The first-order valence-corrected chi connectivity index (χ1v) is 11.0. The van der Waals surface area contributed by atoms with Crippen LogP contribution in [0.2, 0.25) is 0 Å². The van der Waals surface area contributed by atoms with E-state index in [0.717, 1.165) is 9.81 Å². The first-order chi connectivity index (χ1) is 14.0. The fourth-order valence-corrected chi connectivity index (χ4v) is 6.48. The zero-order valence-corrected chi connectivity index (χ0v) is 17.2. The van der Waals surface area contributed by atoms with E-state index >= 15 is 0 Å². The molecule has 2 unspecified atom stereocenters. The van der Waals surface area contributed by atoms with E-state index in [4.69, 9.17) is 4.74 Å². The summed E-state index contributed by atoms with van der Waals surface area (Å²) in [6.07, 6.45) is 5.41. The molecule has 0 bridgehead atoms. The molecule has 3 aliphatic heterocycles. The molecular weight excluding hydrogens is 412 g/mol. The highest BCUT2D eigenvalue weighted by Crippen LogP contribution is 2.63. The van der Waals surface area contributed by atoms with Crippen LogP contribution in [0.1, 0.15) is 17.3 Å². The SMILES string of the molecule is CCOC(=O)N1C=C2SCC(C(=O)c3ccc([N+](=O)[O-])cc3)C23C=CSC3=CC1. The summed E-state index contributed by atoms with van der Waals surface area (Å²) in [7, 11) is 0. The molecule has 1 saturated heterocycles. The number of non-ortho nitro benzene ring substituents is 1. The van der Waals surface area contributed by atoms with Crippen LogP contribution in [0, 0.1) is 21.4 Å². The molecule has 7 nitrogen and oxygen atoms in total. The number of carbonyl (C=O) groups is 2. The van der Waals surface area contributed by atoms with Crippen molar-refractivity contribution in [1.29, 1.82) is 0 Å². The maximum Gasteiger partial charge on any atom is 0.414 e. The molecule has 1 spiro atoms. The molecule has 1 amide bonds. The Morgan fingerprint density at radius 1 is 1.31 bits per heavy atom. The standard InChI is InChI=1S/C20H18N2O5S2/c1-2-27-19(24)21-9-7-16-20(8-10-28-16)15(12-29-17(20)11-21)18(23)13-3-5-14(6-4-13)22(25)26/h3-8,10-11,15H,2,9,12H2,1H3. The maximum atomic E-state index is 13.4. The third-order valence-electron chi connectivity index (χ3n) is 5.22. The number of allylic oxidation sites excluding steroid dienone is 3. The highest BCUT2D eigenvalue weighted by molar-refractivity contribution is 8.06. The van der Waals surface area contributed by atoms with Gasteiger partial charge in [-0.1, -0.05) is 12.2 Å². The molecular formula is C20H18N2O5S2. The Kier molecular flexibility index (Phi) is 5.26. The van der Waals surface area contributed by atoms with Crippen molar-refractivity contribution in [3.8, 4) is 0 Å². The fraction of sp³-hybridized carbons (Fsp3) is 0.300. The highest BCUT2D eigenvalue weighted by atomic mass is 32.2. The van der Waals surface area contributed by atoms with E-state index in [1.54, 1.807) is 36.6 Å². The van der Waals surface area contributed by atoms with E-state index in [9.17, 15) is 19.7 Å². The van der Waals surface area contributed by atoms with E-state index in [-0.39, 0.29) is 17.4 Å². The van der Waals surface area contributed by atoms with Gasteiger partial charge < -0.3 is 4.74 Å². The second-order valence-corrected chi connectivity index (χ2v) is 8.74. The van der Waals surface area contributed by atoms with Crippen molar-refractivity contribution in [1.82, 2.24) is 4.90 Å². The second-order valence-electron chi connectivity index (χ2n) is 6.73. The average molecular weight is 431 g/mol. The number of rotatable bonds is 4. The number of ketones is 1. The van der Waals surface area contributed by atoms with Crippen molar-refractivity contribution in [2.24, 2.45) is 11.3 Å². The van der Waals surface area contributed by atoms with Gasteiger partial charge in [0.15, 0.2) is 5.78 Å². The molecule has 0 radical (unpaired) electrons. The Morgan fingerprint density at radius 2 is 2.07 bits per heavy atom. The predicted molar refractivity (Wildman–Crippen MR) is 112 cm³/mol. The number of Topliss-reactive ketones (excluding diaryl/α,β-unsaturated/α-hetero) is 1. The van der Waals surface area contributed by atoms with Crippen molar-refractivity contribution in [2.45, 2.75) is 6.92 Å². The Labute approximate surface area is 176 Å². The van der Waals surface area contributed by atoms with Crippen molar-refractivity contribution in [3.63, 3.8) is 0 Å². The molecule has 0 N–H and O–H groups in total. The molecule has 3 heterocycles. The summed E-state index contributed by atoms with van der Waals surface area (Å²) in [6, 6.07) is 5.74. The van der Waals surface area contributed by atoms with Crippen LogP contribution >= 0.6 is 23.5 Å². The summed E-state index contributed by atoms with van der Waals surface area (Å²) in [6.45, 7) is 2.44. The van der Waals surface area contributed by atoms with Crippen LogP contribution in [-0.2, 0) is 4.74 Å². The van der Waals surface area contributed by atoms with Crippen LogP contribution < -0.4 is 0 Å². The number of thioether (sulfide) groups is 2. The van der Waals surface area contributed by atoms with E-state index in [2.05, 4.69) is 0 Å². The number of nitro groups is 1. The molecule has 3 aliphatic rings. The quantitative estimate of drug-likeness (QED) is 0.392. The average Bonchev–Trinajstić information content (AvgIpc) is 3.26. The second kappa shape index (κ2) is 7.72. The van der Waals surface area contributed by atoms with Crippen LogP contribution in [0.5, 0.6) is 0 Å². The fourth-order valence-electron chi connectivity index (χ4n) is 3.78. The summed E-state index contributed by atoms with van der Waals surface area (Å²) in [5.41, 5.74) is -0.180. The predicted octanol–water partition coefficient (Wildman–Crippen LogP) is 4.58. The van der Waals surface area contributed by atoms with Crippen molar-refractivity contribution in [2.75, 3.05) is 18.9 Å². The Balaban J connectivity index is 1.69. The van der Waals surface area contributed by atoms with Gasteiger partial charge in [0.25, 0.3) is 5.69 Å². The monoisotopic (exact) mass is 430 g/mol. The third-order valence-corrected chi connectivity index (χ3v) is 7.51. The van der Waals surface area contributed by atoms with Gasteiger partial charge in [0.1, 0.15) is 0 Å². The minimum Gasteiger partial charge on any atom is -0.449 e. The summed E-state index contributed by atoms with van der Waals surface area (Å²) in [5.74, 6) is 0.166. The smallest absolute Gasteiger partial charge is 0.414 e. The van der Waals surface area contributed by atoms with E-state index in [0.29, 0.717) is 24.5 Å². The molecule has 1 aromatic rings. The number of nitrogens with zero attached hydrogens (tertiary/aromatic N) is 2. The normalized spacial score (nSPS) is 24.9. The van der Waals surface area contributed by atoms with E-state index in [1.165, 1.54) is 29.2 Å². The summed E-state index contributed by atoms with van der Waals surface area (Å²) in [4.78, 5) is 39.5.